The topological polar surface area (TPSA) is 84.9 Å². The number of aromatic hydroxyl groups is 1. The summed E-state index contributed by atoms with van der Waals surface area (Å²) in [5.74, 6) is -0.148. The molecular formula is C21H23NO5. The van der Waals surface area contributed by atoms with Crippen LogP contribution >= 0.6 is 0 Å². The van der Waals surface area contributed by atoms with Gasteiger partial charge in [-0.3, -0.25) is 9.59 Å². The summed E-state index contributed by atoms with van der Waals surface area (Å²) < 4.78 is 11.3. The number of carbonyl (C=O) groups is 2. The molecule has 2 aromatic rings. The van der Waals surface area contributed by atoms with Crippen molar-refractivity contribution in [3.8, 4) is 17.2 Å². The molecule has 0 unspecified atom stereocenters. The smallest absolute Gasteiger partial charge is 0.258 e. The average molecular weight is 369 g/mol. The van der Waals surface area contributed by atoms with Crippen molar-refractivity contribution in [3.05, 3.63) is 53.6 Å². The molecule has 0 aromatic heterocycles. The molecule has 1 heterocycles. The van der Waals surface area contributed by atoms with Crippen molar-refractivity contribution < 1.29 is 24.2 Å². The van der Waals surface area contributed by atoms with Crippen molar-refractivity contribution in [3.63, 3.8) is 0 Å². The first-order chi connectivity index (χ1) is 12.7. The third-order valence-corrected chi connectivity index (χ3v) is 4.35. The number of nitrogens with one attached hydrogen (secondary N) is 1. The molecule has 142 valence electrons. The zero-order chi connectivity index (χ0) is 19.6. The van der Waals surface area contributed by atoms with Gasteiger partial charge >= 0.3 is 0 Å². The molecule has 2 N–H and O–H groups in total. The van der Waals surface area contributed by atoms with Crippen LogP contribution in [0.1, 0.15) is 49.2 Å². The summed E-state index contributed by atoms with van der Waals surface area (Å²) in [6.45, 7) is 5.28. The highest BCUT2D eigenvalue weighted by Crippen LogP contribution is 2.40. The fourth-order valence-electron chi connectivity index (χ4n) is 3.09. The summed E-state index contributed by atoms with van der Waals surface area (Å²) in [6, 6.07) is 12.3. The number of fused-ring (bicyclic) bond motifs is 1. The molecule has 0 aliphatic carbocycles. The molecule has 2 aromatic carbocycles. The zero-order valence-electron chi connectivity index (χ0n) is 15.6. The number of carbonyl (C=O) groups excluding carboxylic acids is 2. The summed E-state index contributed by atoms with van der Waals surface area (Å²) in [7, 11) is 0. The van der Waals surface area contributed by atoms with Gasteiger partial charge in [0, 0.05) is 12.1 Å². The molecule has 1 aliphatic rings. The Bertz CT molecular complexity index is 860. The molecule has 0 saturated heterocycles. The number of Topliss-reactive ketones (excluding diaryl/α,β-unsaturated/α-hetero) is 1. The lowest BCUT2D eigenvalue weighted by molar-refractivity contribution is -0.123. The molecule has 1 amide bonds. The number of ether oxygens (including phenoxy) is 2. The minimum atomic E-state index is -0.655. The number of hydrogen-bond donors (Lipinski definition) is 2. The number of ketones is 1. The number of amides is 1. The Balaban J connectivity index is 1.66. The Kier molecular flexibility index (Phi) is 5.08. The fourth-order valence-corrected chi connectivity index (χ4v) is 3.09. The molecule has 1 aliphatic heterocycles. The van der Waals surface area contributed by atoms with E-state index in [1.54, 1.807) is 13.8 Å². The molecule has 6 heteroatoms. The van der Waals surface area contributed by atoms with Crippen molar-refractivity contribution in [1.82, 2.24) is 5.32 Å². The van der Waals surface area contributed by atoms with E-state index in [-0.39, 0.29) is 53.6 Å². The van der Waals surface area contributed by atoms with Gasteiger partial charge in [0.2, 0.25) is 0 Å². The molecular weight excluding hydrogens is 346 g/mol. The highest BCUT2D eigenvalue weighted by atomic mass is 16.5. The number of benzene rings is 2. The lowest BCUT2D eigenvalue weighted by atomic mass is 9.92. The number of rotatable bonds is 5. The molecule has 0 spiro atoms. The predicted octanol–water partition coefficient (Wildman–Crippen LogP) is 3.39. The lowest BCUT2D eigenvalue weighted by Crippen LogP contribution is -2.36. The number of phenols is 1. The van der Waals surface area contributed by atoms with E-state index in [2.05, 4.69) is 5.32 Å². The lowest BCUT2D eigenvalue weighted by Gasteiger charge is -2.32. The van der Waals surface area contributed by atoms with Crippen molar-refractivity contribution in [2.45, 2.75) is 38.8 Å². The Morgan fingerprint density at radius 3 is 2.70 bits per heavy atom. The highest BCUT2D eigenvalue weighted by molar-refractivity contribution is 6.03. The molecule has 3 rings (SSSR count). The average Bonchev–Trinajstić information content (AvgIpc) is 2.58. The molecule has 0 fully saturated rings. The molecule has 0 saturated carbocycles. The van der Waals surface area contributed by atoms with Crippen LogP contribution in [-0.4, -0.2) is 29.0 Å². The van der Waals surface area contributed by atoms with Crippen molar-refractivity contribution in [2.24, 2.45) is 0 Å². The summed E-state index contributed by atoms with van der Waals surface area (Å²) in [5.41, 5.74) is 0.493. The first-order valence-corrected chi connectivity index (χ1v) is 8.81. The van der Waals surface area contributed by atoms with E-state index >= 15 is 0 Å². The molecule has 0 bridgehead atoms. The first kappa shape index (κ1) is 18.8. The van der Waals surface area contributed by atoms with Gasteiger partial charge in [-0.1, -0.05) is 30.3 Å². The zero-order valence-corrected chi connectivity index (χ0v) is 15.6. The standard InChI is InChI=1S/C21H23NO5/c1-13(14-7-5-4-6-8-14)22-19(25)12-26-15-9-16(23)20-17(24)11-21(2,3)27-18(20)10-15/h4-10,13,23H,11-12H2,1-3H3,(H,22,25)/t13-/m0/s1. The number of hydrogen-bond acceptors (Lipinski definition) is 5. The molecule has 1 atom stereocenters. The summed E-state index contributed by atoms with van der Waals surface area (Å²) in [4.78, 5) is 24.4. The predicted molar refractivity (Wildman–Crippen MR) is 100 cm³/mol. The largest absolute Gasteiger partial charge is 0.507 e. The highest BCUT2D eigenvalue weighted by Gasteiger charge is 2.35. The number of phenolic OH excluding ortho intramolecular Hbond substituents is 1. The van der Waals surface area contributed by atoms with Crippen LogP contribution in [0.5, 0.6) is 17.2 Å². The first-order valence-electron chi connectivity index (χ1n) is 8.81. The van der Waals surface area contributed by atoms with Gasteiger partial charge in [0.25, 0.3) is 5.91 Å². The Morgan fingerprint density at radius 2 is 2.00 bits per heavy atom. The van der Waals surface area contributed by atoms with Crippen molar-refractivity contribution in [1.29, 1.82) is 0 Å². The normalized spacial score (nSPS) is 16.0. The third-order valence-electron chi connectivity index (χ3n) is 4.35. The van der Waals surface area contributed by atoms with Crippen molar-refractivity contribution >= 4 is 11.7 Å². The summed E-state index contributed by atoms with van der Waals surface area (Å²) >= 11 is 0. The maximum absolute atomic E-state index is 12.2. The Morgan fingerprint density at radius 1 is 1.30 bits per heavy atom. The van der Waals surface area contributed by atoms with Crippen LogP contribution in [0.25, 0.3) is 0 Å². The minimum absolute atomic E-state index is 0.152. The van der Waals surface area contributed by atoms with Crippen LogP contribution in [0.15, 0.2) is 42.5 Å². The summed E-state index contributed by atoms with van der Waals surface area (Å²) in [5, 5.41) is 13.0. The van der Waals surface area contributed by atoms with Crippen molar-refractivity contribution in [2.75, 3.05) is 6.61 Å². The second-order valence-electron chi connectivity index (χ2n) is 7.27. The van der Waals surface area contributed by atoms with E-state index in [1.165, 1.54) is 12.1 Å². The van der Waals surface area contributed by atoms with Crippen LogP contribution in [0.4, 0.5) is 0 Å². The third kappa shape index (κ3) is 4.39. The minimum Gasteiger partial charge on any atom is -0.507 e. The SMILES string of the molecule is C[C@H](NC(=O)COc1cc(O)c2c(c1)OC(C)(C)CC2=O)c1ccccc1. The molecule has 27 heavy (non-hydrogen) atoms. The maximum atomic E-state index is 12.2. The van der Waals surface area contributed by atoms with Gasteiger partial charge in [-0.2, -0.15) is 0 Å². The van der Waals surface area contributed by atoms with E-state index in [1.807, 2.05) is 37.3 Å². The molecule has 6 nitrogen and oxygen atoms in total. The van der Waals surface area contributed by atoms with Crippen LogP contribution in [0.3, 0.4) is 0 Å². The van der Waals surface area contributed by atoms with Gasteiger partial charge in [0.05, 0.1) is 12.5 Å². The Hall–Kier alpha value is -3.02. The van der Waals surface area contributed by atoms with E-state index in [0.717, 1.165) is 5.56 Å². The van der Waals surface area contributed by atoms with Gasteiger partial charge in [-0.25, -0.2) is 0 Å². The quantitative estimate of drug-likeness (QED) is 0.844. The maximum Gasteiger partial charge on any atom is 0.258 e. The van der Waals surface area contributed by atoms with Crippen LogP contribution in [-0.2, 0) is 4.79 Å². The summed E-state index contributed by atoms with van der Waals surface area (Å²) in [6.07, 6.45) is 0.188. The van der Waals surface area contributed by atoms with Crippen LogP contribution in [0.2, 0.25) is 0 Å². The van der Waals surface area contributed by atoms with Gasteiger partial charge in [-0.05, 0) is 26.3 Å². The second kappa shape index (κ2) is 7.31. The fraction of sp³-hybridized carbons (Fsp3) is 0.333. The van der Waals surface area contributed by atoms with E-state index < -0.39 is 5.60 Å². The van der Waals surface area contributed by atoms with E-state index in [0.29, 0.717) is 0 Å². The van der Waals surface area contributed by atoms with Gasteiger partial charge in [-0.15, -0.1) is 0 Å². The Labute approximate surface area is 158 Å². The second-order valence-corrected chi connectivity index (χ2v) is 7.27. The van der Waals surface area contributed by atoms with Crippen LogP contribution in [0, 0.1) is 0 Å². The van der Waals surface area contributed by atoms with Gasteiger partial charge in [0.15, 0.2) is 12.4 Å². The van der Waals surface area contributed by atoms with Gasteiger partial charge < -0.3 is 19.9 Å². The van der Waals surface area contributed by atoms with E-state index in [4.69, 9.17) is 9.47 Å². The monoisotopic (exact) mass is 369 g/mol. The van der Waals surface area contributed by atoms with Crippen LogP contribution < -0.4 is 14.8 Å². The molecule has 0 radical (unpaired) electrons. The van der Waals surface area contributed by atoms with E-state index in [9.17, 15) is 14.7 Å². The van der Waals surface area contributed by atoms with Gasteiger partial charge in [0.1, 0.15) is 28.4 Å².